The third-order valence-electron chi connectivity index (χ3n) is 4.23. The molecule has 0 radical (unpaired) electrons. The molecule has 1 aromatic heterocycles. The van der Waals surface area contributed by atoms with Crippen molar-refractivity contribution in [2.24, 2.45) is 0 Å². The standard InChI is InChI=1S/C20H17BN2O/c1-21(24)16-13-11-15(12-14-16)20-22-18-9-5-6-10-19(18)23(20)17-7-3-2-4-8-17/h2-14,24H,1H3. The molecule has 24 heavy (non-hydrogen) atoms. The molecule has 0 saturated carbocycles. The average Bonchev–Trinajstić information content (AvgIpc) is 3.02. The average molecular weight is 312 g/mol. The molecule has 4 rings (SSSR count). The Hall–Kier alpha value is -2.85. The Morgan fingerprint density at radius 1 is 0.833 bits per heavy atom. The molecule has 3 nitrogen and oxygen atoms in total. The minimum Gasteiger partial charge on any atom is -0.447 e. The fourth-order valence-electron chi connectivity index (χ4n) is 2.97. The lowest BCUT2D eigenvalue weighted by Gasteiger charge is -2.10. The summed E-state index contributed by atoms with van der Waals surface area (Å²) in [5.41, 5.74) is 5.07. The van der Waals surface area contributed by atoms with Crippen LogP contribution in [0.2, 0.25) is 6.82 Å². The molecule has 0 aliphatic rings. The van der Waals surface area contributed by atoms with Gasteiger partial charge in [-0.2, -0.15) is 0 Å². The van der Waals surface area contributed by atoms with Crippen molar-refractivity contribution >= 4 is 23.4 Å². The normalized spacial score (nSPS) is 10.9. The zero-order valence-corrected chi connectivity index (χ0v) is 13.4. The first-order chi connectivity index (χ1) is 11.7. The number of nitrogens with zero attached hydrogens (tertiary/aromatic N) is 2. The molecule has 1 N–H and O–H groups in total. The molecule has 3 aromatic carbocycles. The molecule has 0 aliphatic carbocycles. The van der Waals surface area contributed by atoms with E-state index in [9.17, 15) is 5.02 Å². The van der Waals surface area contributed by atoms with Crippen LogP contribution in [0.5, 0.6) is 0 Å². The molecule has 0 spiro atoms. The van der Waals surface area contributed by atoms with Crippen LogP contribution in [0.4, 0.5) is 0 Å². The van der Waals surface area contributed by atoms with Gasteiger partial charge in [-0.3, -0.25) is 4.57 Å². The first-order valence-corrected chi connectivity index (χ1v) is 8.05. The first-order valence-electron chi connectivity index (χ1n) is 8.05. The van der Waals surface area contributed by atoms with Crippen LogP contribution < -0.4 is 5.46 Å². The number of aromatic nitrogens is 2. The highest BCUT2D eigenvalue weighted by molar-refractivity contribution is 6.64. The zero-order chi connectivity index (χ0) is 16.5. The van der Waals surface area contributed by atoms with E-state index in [0.717, 1.165) is 33.6 Å². The Bertz CT molecular complexity index is 976. The van der Waals surface area contributed by atoms with Crippen molar-refractivity contribution in [3.8, 4) is 17.1 Å². The largest absolute Gasteiger partial charge is 0.447 e. The predicted octanol–water partition coefficient (Wildman–Crippen LogP) is 3.51. The first kappa shape index (κ1) is 14.7. The summed E-state index contributed by atoms with van der Waals surface area (Å²) < 4.78 is 2.17. The molecular formula is C20H17BN2O. The quantitative estimate of drug-likeness (QED) is 0.588. The number of para-hydroxylation sites is 3. The van der Waals surface area contributed by atoms with Gasteiger partial charge < -0.3 is 5.02 Å². The Balaban J connectivity index is 1.95. The number of rotatable bonds is 3. The van der Waals surface area contributed by atoms with Gasteiger partial charge in [-0.05, 0) is 29.7 Å². The summed E-state index contributed by atoms with van der Waals surface area (Å²) >= 11 is 0. The number of fused-ring (bicyclic) bond motifs is 1. The zero-order valence-electron chi connectivity index (χ0n) is 13.4. The molecule has 0 bridgehead atoms. The molecule has 116 valence electrons. The van der Waals surface area contributed by atoms with E-state index >= 15 is 0 Å². The maximum atomic E-state index is 9.71. The Morgan fingerprint density at radius 3 is 2.21 bits per heavy atom. The van der Waals surface area contributed by atoms with Gasteiger partial charge in [0.25, 0.3) is 0 Å². The minimum absolute atomic E-state index is 0.466. The van der Waals surface area contributed by atoms with Crippen LogP contribution in [0.15, 0.2) is 78.9 Å². The van der Waals surface area contributed by atoms with Gasteiger partial charge in [-0.25, -0.2) is 4.98 Å². The topological polar surface area (TPSA) is 38.1 Å². The molecule has 1 heterocycles. The number of hydrogen-bond donors (Lipinski definition) is 1. The molecule has 0 unspecified atom stereocenters. The lowest BCUT2D eigenvalue weighted by atomic mass is 9.64. The fourth-order valence-corrected chi connectivity index (χ4v) is 2.97. The van der Waals surface area contributed by atoms with E-state index in [4.69, 9.17) is 4.98 Å². The molecule has 4 heteroatoms. The lowest BCUT2D eigenvalue weighted by Crippen LogP contribution is -2.25. The molecule has 0 fully saturated rings. The summed E-state index contributed by atoms with van der Waals surface area (Å²) in [6, 6.07) is 26.3. The number of imidazole rings is 1. The van der Waals surface area contributed by atoms with Crippen molar-refractivity contribution in [3.63, 3.8) is 0 Å². The van der Waals surface area contributed by atoms with Crippen LogP contribution in [0, 0.1) is 0 Å². The van der Waals surface area contributed by atoms with E-state index in [2.05, 4.69) is 22.8 Å². The van der Waals surface area contributed by atoms with Crippen molar-refractivity contribution in [3.05, 3.63) is 78.9 Å². The van der Waals surface area contributed by atoms with E-state index in [-0.39, 0.29) is 0 Å². The summed E-state index contributed by atoms with van der Waals surface area (Å²) in [5, 5.41) is 9.71. The number of hydrogen-bond acceptors (Lipinski definition) is 2. The number of benzene rings is 3. The van der Waals surface area contributed by atoms with Gasteiger partial charge in [-0.1, -0.05) is 61.4 Å². The van der Waals surface area contributed by atoms with Crippen molar-refractivity contribution in [2.45, 2.75) is 6.82 Å². The Morgan fingerprint density at radius 2 is 1.50 bits per heavy atom. The third-order valence-corrected chi connectivity index (χ3v) is 4.23. The monoisotopic (exact) mass is 312 g/mol. The van der Waals surface area contributed by atoms with Gasteiger partial charge in [0, 0.05) is 11.3 Å². The molecule has 0 amide bonds. The van der Waals surface area contributed by atoms with Gasteiger partial charge in [0.15, 0.2) is 0 Å². The highest BCUT2D eigenvalue weighted by Gasteiger charge is 2.14. The summed E-state index contributed by atoms with van der Waals surface area (Å²) in [6.07, 6.45) is 0. The highest BCUT2D eigenvalue weighted by atomic mass is 16.2. The molecule has 0 atom stereocenters. The maximum absolute atomic E-state index is 9.71. The summed E-state index contributed by atoms with van der Waals surface area (Å²) in [5.74, 6) is 0.902. The van der Waals surface area contributed by atoms with Gasteiger partial charge in [0.1, 0.15) is 5.82 Å². The van der Waals surface area contributed by atoms with Crippen LogP contribution in [-0.4, -0.2) is 21.5 Å². The Kier molecular flexibility index (Phi) is 3.67. The maximum Gasteiger partial charge on any atom is 0.320 e. The van der Waals surface area contributed by atoms with Gasteiger partial charge in [0.05, 0.1) is 11.0 Å². The van der Waals surface area contributed by atoms with Gasteiger partial charge in [0.2, 0.25) is 0 Å². The van der Waals surface area contributed by atoms with E-state index < -0.39 is 6.92 Å². The summed E-state index contributed by atoms with van der Waals surface area (Å²) in [6.45, 7) is 1.31. The van der Waals surface area contributed by atoms with Crippen LogP contribution in [-0.2, 0) is 0 Å². The van der Waals surface area contributed by atoms with Crippen molar-refractivity contribution in [1.29, 1.82) is 0 Å². The molecule has 0 aliphatic heterocycles. The van der Waals surface area contributed by atoms with Crippen LogP contribution in [0.3, 0.4) is 0 Å². The van der Waals surface area contributed by atoms with Crippen LogP contribution in [0.1, 0.15) is 0 Å². The third kappa shape index (κ3) is 2.51. The van der Waals surface area contributed by atoms with E-state index in [1.165, 1.54) is 0 Å². The SMILES string of the molecule is CB(O)c1ccc(-c2nc3ccccc3n2-c2ccccc2)cc1. The molecular weight excluding hydrogens is 295 g/mol. The van der Waals surface area contributed by atoms with Crippen molar-refractivity contribution < 1.29 is 5.02 Å². The fraction of sp³-hybridized carbons (Fsp3) is 0.0500. The van der Waals surface area contributed by atoms with Crippen molar-refractivity contribution in [1.82, 2.24) is 9.55 Å². The van der Waals surface area contributed by atoms with Gasteiger partial charge in [-0.15, -0.1) is 0 Å². The molecule has 4 aromatic rings. The highest BCUT2D eigenvalue weighted by Crippen LogP contribution is 2.28. The second kappa shape index (κ2) is 5.98. The minimum atomic E-state index is -0.466. The lowest BCUT2D eigenvalue weighted by molar-refractivity contribution is 0.594. The van der Waals surface area contributed by atoms with E-state index in [1.54, 1.807) is 6.82 Å². The van der Waals surface area contributed by atoms with E-state index in [1.807, 2.05) is 60.7 Å². The summed E-state index contributed by atoms with van der Waals surface area (Å²) in [7, 11) is 0. The summed E-state index contributed by atoms with van der Waals surface area (Å²) in [4.78, 5) is 4.83. The van der Waals surface area contributed by atoms with Crippen molar-refractivity contribution in [2.75, 3.05) is 0 Å². The smallest absolute Gasteiger partial charge is 0.320 e. The van der Waals surface area contributed by atoms with E-state index in [0.29, 0.717) is 0 Å². The van der Waals surface area contributed by atoms with Crippen LogP contribution in [0.25, 0.3) is 28.1 Å². The Labute approximate surface area is 141 Å². The van der Waals surface area contributed by atoms with Crippen LogP contribution >= 0.6 is 0 Å². The molecule has 0 saturated heterocycles. The van der Waals surface area contributed by atoms with Gasteiger partial charge >= 0.3 is 6.92 Å². The second-order valence-corrected chi connectivity index (χ2v) is 5.89. The second-order valence-electron chi connectivity index (χ2n) is 5.89. The predicted molar refractivity (Wildman–Crippen MR) is 100.0 cm³/mol.